The van der Waals surface area contributed by atoms with Crippen LogP contribution in [0.4, 0.5) is 0 Å². The third-order valence-electron chi connectivity index (χ3n) is 18.7. The fourth-order valence-corrected chi connectivity index (χ4v) is 80.4. The van der Waals surface area contributed by atoms with Crippen molar-refractivity contribution >= 4 is 156 Å². The molecule has 3 aromatic carbocycles. The van der Waals surface area contributed by atoms with Crippen molar-refractivity contribution in [1.82, 2.24) is 0 Å². The van der Waals surface area contributed by atoms with Crippen LogP contribution < -0.4 is 62.2 Å². The molecule has 4 aliphatic rings. The fourth-order valence-electron chi connectivity index (χ4n) is 12.1. The number of rotatable bonds is 0. The molecule has 0 radical (unpaired) electrons. The maximum atomic E-state index is 7.19. The number of benzene rings is 3. The molecule has 0 saturated heterocycles. The molecule has 0 bridgehead atoms. The Kier molecular flexibility index (Phi) is 9.48. The molecule has 4 aliphatic heterocycles. The van der Waals surface area contributed by atoms with E-state index in [4.69, 9.17) is 8.23 Å². The van der Waals surface area contributed by atoms with Crippen LogP contribution in [0.3, 0.4) is 0 Å². The van der Waals surface area contributed by atoms with E-state index in [1.54, 1.807) is 20.7 Å². The van der Waals surface area contributed by atoms with Crippen LogP contribution in [0.15, 0.2) is 36.4 Å². The van der Waals surface area contributed by atoms with Gasteiger partial charge in [-0.05, 0) is 73.1 Å². The average Bonchev–Trinajstić information content (AvgIpc) is 3.35. The summed E-state index contributed by atoms with van der Waals surface area (Å²) in [5, 5.41) is 21.7. The van der Waals surface area contributed by atoms with Crippen molar-refractivity contribution < 1.29 is 8.23 Å². The Morgan fingerprint density at radius 1 is 0.196 bits per heavy atom. The second-order valence-electron chi connectivity index (χ2n) is 25.1. The van der Waals surface area contributed by atoms with Gasteiger partial charge in [0.05, 0.1) is 60.7 Å². The molecule has 0 fully saturated rings. The Bertz CT molecular complexity index is 1940. The lowest BCUT2D eigenvalue weighted by Crippen LogP contribution is -2.89. The molecule has 0 N–H and O–H groups in total. The molecule has 56 heavy (non-hydrogen) atoms. The highest BCUT2D eigenvalue weighted by atomic mass is 29.3. The smallest absolute Gasteiger partial charge is 0.206 e. The van der Waals surface area contributed by atoms with Crippen LogP contribution in [0.2, 0.25) is 157 Å². The Balaban J connectivity index is 1.59. The van der Waals surface area contributed by atoms with Crippen LogP contribution in [0.1, 0.15) is 0 Å². The lowest BCUT2D eigenvalue weighted by Gasteiger charge is -2.55. The van der Waals surface area contributed by atoms with Crippen molar-refractivity contribution in [3.63, 3.8) is 0 Å². The number of hydrogen-bond donors (Lipinski definition) is 0. The van der Waals surface area contributed by atoms with Crippen molar-refractivity contribution in [2.45, 2.75) is 157 Å². The van der Waals surface area contributed by atoms with Gasteiger partial charge in [-0.3, -0.25) is 0 Å². The van der Waals surface area contributed by atoms with Crippen LogP contribution in [0, 0.1) is 0 Å². The third-order valence-corrected chi connectivity index (χ3v) is 106. The molecule has 4 heterocycles. The van der Waals surface area contributed by atoms with Gasteiger partial charge >= 0.3 is 0 Å². The summed E-state index contributed by atoms with van der Waals surface area (Å²) in [5.74, 6) is 0. The molecule has 0 saturated carbocycles. The van der Waals surface area contributed by atoms with Gasteiger partial charge in [0.25, 0.3) is 0 Å². The summed E-state index contributed by atoms with van der Waals surface area (Å²) in [5.41, 5.74) is 0. The summed E-state index contributed by atoms with van der Waals surface area (Å²) in [6.07, 6.45) is 0. The topological polar surface area (TPSA) is 18.5 Å². The molecule has 306 valence electrons. The van der Waals surface area contributed by atoms with Gasteiger partial charge in [-0.25, -0.2) is 0 Å². The summed E-state index contributed by atoms with van der Waals surface area (Å²) in [7, 11) is -23.7. The van der Waals surface area contributed by atoms with E-state index in [1.165, 1.54) is 0 Å². The molecule has 0 atom stereocenters. The summed E-state index contributed by atoms with van der Waals surface area (Å²) in [6.45, 7) is 65.4. The second kappa shape index (κ2) is 12.0. The van der Waals surface area contributed by atoms with Crippen LogP contribution in [-0.4, -0.2) is 94.0 Å². The summed E-state index contributed by atoms with van der Waals surface area (Å²) in [4.78, 5) is 0. The molecular formula is C42H78O2Si12. The monoisotopic (exact) mass is 950 g/mol. The second-order valence-corrected chi connectivity index (χ2v) is 101. The van der Waals surface area contributed by atoms with Crippen LogP contribution in [0.5, 0.6) is 0 Å². The zero-order chi connectivity index (χ0) is 42.6. The maximum absolute atomic E-state index is 7.19. The van der Waals surface area contributed by atoms with Gasteiger partial charge in [0, 0.05) is 0 Å². The van der Waals surface area contributed by atoms with Crippen LogP contribution in [0.25, 0.3) is 0 Å². The molecule has 3 aromatic rings. The van der Waals surface area contributed by atoms with Gasteiger partial charge < -0.3 is 8.23 Å². The SMILES string of the molecule is C[Si]1(C)O[Si](C)(C)c2cc3c(cc21)[Si](C)(C)[Si](C)(C)c1cc2c(cc1[Si](C)(C)[Si]3(C)C)[Si](C)(C)[Si](C)(C)c1cc3c(cc1[Si](C)(C)[Si]2(C)C)[Si](C)(C)O[Si]3(C)C. The molecular weight excluding hydrogens is 873 g/mol. The molecule has 0 unspecified atom stereocenters. The minimum absolute atomic E-state index is 1.66. The molecule has 0 spiro atoms. The largest absolute Gasteiger partial charge is 0.449 e. The van der Waals surface area contributed by atoms with E-state index in [-0.39, 0.29) is 0 Å². The molecule has 0 aliphatic carbocycles. The van der Waals surface area contributed by atoms with Gasteiger partial charge in [-0.2, -0.15) is 0 Å². The van der Waals surface area contributed by atoms with E-state index in [9.17, 15) is 0 Å². The highest BCUT2D eigenvalue weighted by molar-refractivity contribution is 7.59. The normalized spacial score (nSPS) is 27.4. The lowest BCUT2D eigenvalue weighted by molar-refractivity contribution is 0.582. The van der Waals surface area contributed by atoms with Crippen molar-refractivity contribution in [2.24, 2.45) is 0 Å². The van der Waals surface area contributed by atoms with Gasteiger partial charge in [0.1, 0.15) is 0 Å². The minimum Gasteiger partial charge on any atom is -0.449 e. The first kappa shape index (κ1) is 44.2. The maximum Gasteiger partial charge on any atom is 0.206 e. The number of fused-ring (bicyclic) bond motifs is 6. The van der Waals surface area contributed by atoms with Gasteiger partial charge in [0.15, 0.2) is 0 Å². The highest BCUT2D eigenvalue weighted by Gasteiger charge is 2.61. The zero-order valence-corrected chi connectivity index (χ0v) is 52.3. The Labute approximate surface area is 355 Å². The predicted molar refractivity (Wildman–Crippen MR) is 287 cm³/mol. The van der Waals surface area contributed by atoms with Gasteiger partial charge in [-0.15, -0.1) is 0 Å². The summed E-state index contributed by atoms with van der Waals surface area (Å²) >= 11 is 0. The first-order chi connectivity index (χ1) is 24.8. The molecule has 7 rings (SSSR count). The van der Waals surface area contributed by atoms with Gasteiger partial charge in [0.2, 0.25) is 33.3 Å². The van der Waals surface area contributed by atoms with Crippen LogP contribution in [-0.2, 0) is 8.23 Å². The van der Waals surface area contributed by atoms with Crippen molar-refractivity contribution in [2.75, 3.05) is 0 Å². The van der Waals surface area contributed by atoms with Crippen molar-refractivity contribution in [1.29, 1.82) is 0 Å². The summed E-state index contributed by atoms with van der Waals surface area (Å²) in [6, 6.07) is 17.5. The Hall–Kier alpha value is 0.183. The standard InChI is InChI=1S/C42H78O2Si12/c1-45(2)31-25-35-36(26-32(31)46(3,4)43-45)50(11,12)54(19,20)40-30-42-41(29-39(40)53(17,18)49(35,9)10)55(21,22)51(13,14)37-27-33-34(48(7,8)44-47(33,5)6)28-38(37)52(15,16)56(42,23)24/h25-30H,1-24H3. The molecule has 2 nitrogen and oxygen atoms in total. The first-order valence-corrected chi connectivity index (χ1v) is 61.4. The van der Waals surface area contributed by atoms with Crippen LogP contribution >= 0.6 is 0 Å². The molecule has 14 heteroatoms. The molecule has 0 aromatic heterocycles. The minimum atomic E-state index is -2.00. The van der Waals surface area contributed by atoms with E-state index in [1.807, 2.05) is 41.5 Å². The average molecular weight is 952 g/mol. The third kappa shape index (κ3) is 5.42. The first-order valence-electron chi connectivity index (χ1n) is 21.8. The highest BCUT2D eigenvalue weighted by Crippen LogP contribution is 2.33. The fraction of sp³-hybridized carbons (Fsp3) is 0.571. The quantitative estimate of drug-likeness (QED) is 0.311. The summed E-state index contributed by atoms with van der Waals surface area (Å²) < 4.78 is 14.4. The van der Waals surface area contributed by atoms with E-state index in [2.05, 4.69) is 194 Å². The van der Waals surface area contributed by atoms with E-state index in [0.29, 0.717) is 0 Å². The Morgan fingerprint density at radius 2 is 0.304 bits per heavy atom. The lowest BCUT2D eigenvalue weighted by atomic mass is 10.3. The van der Waals surface area contributed by atoms with E-state index < -0.39 is 94.0 Å². The Morgan fingerprint density at radius 3 is 0.429 bits per heavy atom. The predicted octanol–water partition coefficient (Wildman–Crippen LogP) is 4.46. The zero-order valence-electron chi connectivity index (χ0n) is 40.3. The van der Waals surface area contributed by atoms with Crippen molar-refractivity contribution in [3.8, 4) is 0 Å². The van der Waals surface area contributed by atoms with Crippen molar-refractivity contribution in [3.05, 3.63) is 36.4 Å². The van der Waals surface area contributed by atoms with Gasteiger partial charge in [-0.1, -0.05) is 183 Å². The van der Waals surface area contributed by atoms with E-state index in [0.717, 1.165) is 0 Å². The van der Waals surface area contributed by atoms with E-state index >= 15 is 0 Å². The molecule has 0 amide bonds. The number of hydrogen-bond acceptors (Lipinski definition) is 2.